The molecule has 84 valence electrons. The van der Waals surface area contributed by atoms with Crippen LogP contribution in [0.3, 0.4) is 0 Å². The van der Waals surface area contributed by atoms with Gasteiger partial charge in [0.1, 0.15) is 5.82 Å². The second-order valence-electron chi connectivity index (χ2n) is 3.47. The number of benzene rings is 1. The summed E-state index contributed by atoms with van der Waals surface area (Å²) in [5.74, 6) is -0.362. The van der Waals surface area contributed by atoms with E-state index in [4.69, 9.17) is 11.6 Å². The van der Waals surface area contributed by atoms with Gasteiger partial charge >= 0.3 is 0 Å². The van der Waals surface area contributed by atoms with Gasteiger partial charge in [0.25, 0.3) is 0 Å². The molecule has 0 fully saturated rings. The van der Waals surface area contributed by atoms with Crippen LogP contribution in [0.1, 0.15) is 18.7 Å². The molecule has 3 nitrogen and oxygen atoms in total. The molecule has 0 amide bonds. The lowest BCUT2D eigenvalue weighted by molar-refractivity contribution is 0.627. The number of aromatic nitrogens is 2. The number of nitrogens with zero attached hydrogens (tertiary/aromatic N) is 1. The van der Waals surface area contributed by atoms with Gasteiger partial charge in [-0.25, -0.2) is 4.39 Å². The summed E-state index contributed by atoms with van der Waals surface area (Å²) in [6.07, 6.45) is 1.65. The summed E-state index contributed by atoms with van der Waals surface area (Å²) >= 11 is 5.91. The lowest BCUT2D eigenvalue weighted by Gasteiger charge is -2.15. The zero-order valence-electron chi connectivity index (χ0n) is 8.67. The van der Waals surface area contributed by atoms with Crippen molar-refractivity contribution < 1.29 is 4.39 Å². The number of hydrogen-bond donors (Lipinski definition) is 2. The van der Waals surface area contributed by atoms with Gasteiger partial charge in [-0.2, -0.15) is 5.10 Å². The Morgan fingerprint density at radius 1 is 1.44 bits per heavy atom. The van der Waals surface area contributed by atoms with Crippen molar-refractivity contribution >= 4 is 17.3 Å². The van der Waals surface area contributed by atoms with Crippen LogP contribution in [0.15, 0.2) is 30.5 Å². The number of para-hydroxylation sites is 1. The Labute approximate surface area is 97.6 Å². The molecular weight excluding hydrogens is 229 g/mol. The first-order chi connectivity index (χ1) is 7.68. The third kappa shape index (κ3) is 2.17. The van der Waals surface area contributed by atoms with Crippen LogP contribution < -0.4 is 5.32 Å². The fourth-order valence-electron chi connectivity index (χ4n) is 1.44. The minimum Gasteiger partial charge on any atom is -0.373 e. The van der Waals surface area contributed by atoms with E-state index in [2.05, 4.69) is 15.5 Å². The van der Waals surface area contributed by atoms with Crippen molar-refractivity contribution in [2.45, 2.75) is 13.0 Å². The summed E-state index contributed by atoms with van der Waals surface area (Å²) in [5.41, 5.74) is 1.19. The number of hydrogen-bond acceptors (Lipinski definition) is 2. The summed E-state index contributed by atoms with van der Waals surface area (Å²) in [6.45, 7) is 1.90. The zero-order chi connectivity index (χ0) is 11.5. The highest BCUT2D eigenvalue weighted by molar-refractivity contribution is 6.33. The molecule has 16 heavy (non-hydrogen) atoms. The molecule has 0 saturated carbocycles. The number of H-pyrrole nitrogens is 1. The zero-order valence-corrected chi connectivity index (χ0v) is 9.42. The molecule has 0 saturated heterocycles. The summed E-state index contributed by atoms with van der Waals surface area (Å²) in [6, 6.07) is 6.33. The van der Waals surface area contributed by atoms with Crippen LogP contribution in [-0.4, -0.2) is 10.2 Å². The van der Waals surface area contributed by atoms with E-state index >= 15 is 0 Å². The average molecular weight is 240 g/mol. The number of halogens is 2. The topological polar surface area (TPSA) is 40.7 Å². The number of nitrogens with one attached hydrogen (secondary N) is 2. The van der Waals surface area contributed by atoms with Crippen LogP contribution in [0.2, 0.25) is 5.02 Å². The highest BCUT2D eigenvalue weighted by Gasteiger charge is 2.11. The van der Waals surface area contributed by atoms with Crippen LogP contribution in [0.4, 0.5) is 10.1 Å². The highest BCUT2D eigenvalue weighted by Crippen LogP contribution is 2.27. The van der Waals surface area contributed by atoms with Crippen LogP contribution in [-0.2, 0) is 0 Å². The van der Waals surface area contributed by atoms with Gasteiger partial charge in [0.15, 0.2) is 0 Å². The predicted molar refractivity (Wildman–Crippen MR) is 62.0 cm³/mol. The number of rotatable bonds is 3. The van der Waals surface area contributed by atoms with E-state index in [1.807, 2.05) is 13.0 Å². The van der Waals surface area contributed by atoms with Gasteiger partial charge in [-0.05, 0) is 25.1 Å². The van der Waals surface area contributed by atoms with Gasteiger partial charge in [-0.1, -0.05) is 17.7 Å². The molecule has 0 aliphatic rings. The Morgan fingerprint density at radius 2 is 2.25 bits per heavy atom. The van der Waals surface area contributed by atoms with Crippen molar-refractivity contribution in [2.24, 2.45) is 0 Å². The molecule has 1 aromatic carbocycles. The molecule has 1 heterocycles. The third-order valence-electron chi connectivity index (χ3n) is 2.31. The number of anilines is 1. The van der Waals surface area contributed by atoms with Crippen molar-refractivity contribution in [1.82, 2.24) is 10.2 Å². The first-order valence-corrected chi connectivity index (χ1v) is 5.26. The molecule has 1 atom stereocenters. The highest BCUT2D eigenvalue weighted by atomic mass is 35.5. The molecule has 5 heteroatoms. The number of aromatic amines is 1. The maximum Gasteiger partial charge on any atom is 0.147 e. The van der Waals surface area contributed by atoms with Gasteiger partial charge in [-0.15, -0.1) is 0 Å². The van der Waals surface area contributed by atoms with Crippen molar-refractivity contribution in [1.29, 1.82) is 0 Å². The van der Waals surface area contributed by atoms with E-state index in [0.29, 0.717) is 10.7 Å². The van der Waals surface area contributed by atoms with Crippen molar-refractivity contribution in [3.05, 3.63) is 47.0 Å². The Hall–Kier alpha value is -1.55. The summed E-state index contributed by atoms with van der Waals surface area (Å²) in [5, 5.41) is 10.0. The van der Waals surface area contributed by atoms with Crippen molar-refractivity contribution in [3.63, 3.8) is 0 Å². The lowest BCUT2D eigenvalue weighted by Crippen LogP contribution is -2.08. The van der Waals surface area contributed by atoms with Crippen LogP contribution >= 0.6 is 11.6 Å². The largest absolute Gasteiger partial charge is 0.373 e. The predicted octanol–water partition coefficient (Wildman–Crippen LogP) is 3.38. The standard InChI is InChI=1S/C11H11ClFN3/c1-7(10-5-6-14-16-10)15-11-8(12)3-2-4-9(11)13/h2-7,15H,1H3,(H,14,16). The molecule has 0 radical (unpaired) electrons. The molecule has 1 unspecified atom stereocenters. The van der Waals surface area contributed by atoms with Gasteiger partial charge in [-0.3, -0.25) is 5.10 Å². The van der Waals surface area contributed by atoms with E-state index < -0.39 is 0 Å². The minimum absolute atomic E-state index is 0.0862. The van der Waals surface area contributed by atoms with E-state index in [0.717, 1.165) is 5.69 Å². The van der Waals surface area contributed by atoms with E-state index in [1.165, 1.54) is 6.07 Å². The van der Waals surface area contributed by atoms with Gasteiger partial charge in [0.05, 0.1) is 22.4 Å². The van der Waals surface area contributed by atoms with Crippen LogP contribution in [0.25, 0.3) is 0 Å². The van der Waals surface area contributed by atoms with Crippen molar-refractivity contribution in [2.75, 3.05) is 5.32 Å². The average Bonchev–Trinajstić information content (AvgIpc) is 2.76. The summed E-state index contributed by atoms with van der Waals surface area (Å²) in [4.78, 5) is 0. The second kappa shape index (κ2) is 4.53. The molecule has 0 bridgehead atoms. The van der Waals surface area contributed by atoms with E-state index in [9.17, 15) is 4.39 Å². The van der Waals surface area contributed by atoms with Crippen LogP contribution in [0.5, 0.6) is 0 Å². The Bertz CT molecular complexity index is 450. The molecule has 0 spiro atoms. The first kappa shape index (κ1) is 11.0. The van der Waals surface area contributed by atoms with E-state index in [-0.39, 0.29) is 11.9 Å². The Balaban J connectivity index is 2.21. The normalized spacial score (nSPS) is 12.4. The van der Waals surface area contributed by atoms with E-state index in [1.54, 1.807) is 18.3 Å². The monoisotopic (exact) mass is 239 g/mol. The summed E-state index contributed by atoms with van der Waals surface area (Å²) in [7, 11) is 0. The SMILES string of the molecule is CC(Nc1c(F)cccc1Cl)c1ccn[nH]1. The summed E-state index contributed by atoms with van der Waals surface area (Å²) < 4.78 is 13.5. The van der Waals surface area contributed by atoms with Gasteiger partial charge in [0.2, 0.25) is 0 Å². The van der Waals surface area contributed by atoms with Crippen molar-refractivity contribution in [3.8, 4) is 0 Å². The smallest absolute Gasteiger partial charge is 0.147 e. The maximum atomic E-state index is 13.5. The minimum atomic E-state index is -0.362. The molecule has 2 rings (SSSR count). The Morgan fingerprint density at radius 3 is 2.88 bits per heavy atom. The lowest BCUT2D eigenvalue weighted by atomic mass is 10.2. The molecule has 0 aliphatic heterocycles. The van der Waals surface area contributed by atoms with Gasteiger partial charge in [0, 0.05) is 6.20 Å². The third-order valence-corrected chi connectivity index (χ3v) is 2.63. The molecule has 2 aromatic rings. The quantitative estimate of drug-likeness (QED) is 0.862. The van der Waals surface area contributed by atoms with Gasteiger partial charge < -0.3 is 5.32 Å². The Kier molecular flexibility index (Phi) is 3.10. The first-order valence-electron chi connectivity index (χ1n) is 4.88. The fourth-order valence-corrected chi connectivity index (χ4v) is 1.66. The second-order valence-corrected chi connectivity index (χ2v) is 3.88. The van der Waals surface area contributed by atoms with Crippen LogP contribution in [0, 0.1) is 5.82 Å². The molecular formula is C11H11ClFN3. The molecule has 0 aliphatic carbocycles. The molecule has 2 N–H and O–H groups in total. The maximum absolute atomic E-state index is 13.5. The molecule has 1 aromatic heterocycles. The fraction of sp³-hybridized carbons (Fsp3) is 0.182.